The van der Waals surface area contributed by atoms with Gasteiger partial charge < -0.3 is 15.5 Å². The number of amides is 3. The molecule has 2 N–H and O–H groups in total. The second-order valence-corrected chi connectivity index (χ2v) is 9.16. The van der Waals surface area contributed by atoms with E-state index in [1.54, 1.807) is 12.1 Å². The molecule has 0 spiro atoms. The van der Waals surface area contributed by atoms with E-state index in [-0.39, 0.29) is 29.8 Å². The number of carbonyl (C=O) groups excluding carboxylic acids is 3. The zero-order valence-electron chi connectivity index (χ0n) is 19.7. The summed E-state index contributed by atoms with van der Waals surface area (Å²) in [7, 11) is 2.13. The Labute approximate surface area is 204 Å². The van der Waals surface area contributed by atoms with E-state index in [9.17, 15) is 14.4 Å². The minimum Gasteiger partial charge on any atom is -0.381 e. The second kappa shape index (κ2) is 9.72. The van der Waals surface area contributed by atoms with E-state index < -0.39 is 0 Å². The molecule has 2 aliphatic heterocycles. The molecule has 3 aromatic carbocycles. The Morgan fingerprint density at radius 2 is 1.51 bits per heavy atom. The minimum atomic E-state index is -0.382. The summed E-state index contributed by atoms with van der Waals surface area (Å²) in [6.07, 6.45) is 2.08. The molecule has 7 heteroatoms. The van der Waals surface area contributed by atoms with Gasteiger partial charge in [-0.3, -0.25) is 19.3 Å². The Balaban J connectivity index is 1.31. The number of hydrogen-bond donors (Lipinski definition) is 2. The molecule has 1 fully saturated rings. The number of nitrogens with zero attached hydrogens (tertiary/aromatic N) is 2. The standard InChI is InChI=1S/C28H28N4O3/c1-31-15-13-21(14-16-31)29-24-9-5-6-10-25(24)30-26(33)20-11-12-22-23(17-20)28(35)32(27(22)34)18-19-7-3-2-4-8-19/h2-12,17,21,29H,13-16,18H2,1H3,(H,30,33). The number of imide groups is 1. The first kappa shape index (κ1) is 22.8. The third-order valence-electron chi connectivity index (χ3n) is 6.67. The molecule has 3 amide bonds. The summed E-state index contributed by atoms with van der Waals surface area (Å²) in [5, 5.41) is 6.54. The molecule has 178 valence electrons. The highest BCUT2D eigenvalue weighted by Gasteiger charge is 2.36. The van der Waals surface area contributed by atoms with Crippen LogP contribution in [0, 0.1) is 0 Å². The predicted octanol–water partition coefficient (Wildman–Crippen LogP) is 4.24. The van der Waals surface area contributed by atoms with Gasteiger partial charge in [0.05, 0.1) is 29.0 Å². The van der Waals surface area contributed by atoms with Crippen molar-refractivity contribution in [2.75, 3.05) is 30.8 Å². The van der Waals surface area contributed by atoms with Crippen molar-refractivity contribution in [1.82, 2.24) is 9.80 Å². The van der Waals surface area contributed by atoms with Crippen LogP contribution < -0.4 is 10.6 Å². The van der Waals surface area contributed by atoms with E-state index in [0.29, 0.717) is 22.9 Å². The van der Waals surface area contributed by atoms with E-state index >= 15 is 0 Å². The van der Waals surface area contributed by atoms with Crippen molar-refractivity contribution < 1.29 is 14.4 Å². The van der Waals surface area contributed by atoms with Crippen molar-refractivity contribution in [3.8, 4) is 0 Å². The maximum atomic E-state index is 13.1. The van der Waals surface area contributed by atoms with Crippen LogP contribution in [-0.4, -0.2) is 53.7 Å². The Morgan fingerprint density at radius 1 is 0.857 bits per heavy atom. The van der Waals surface area contributed by atoms with Crippen LogP contribution in [0.3, 0.4) is 0 Å². The molecule has 5 rings (SSSR count). The topological polar surface area (TPSA) is 81.8 Å². The van der Waals surface area contributed by atoms with Crippen LogP contribution >= 0.6 is 0 Å². The number of anilines is 2. The highest BCUT2D eigenvalue weighted by atomic mass is 16.2. The third-order valence-corrected chi connectivity index (χ3v) is 6.67. The summed E-state index contributed by atoms with van der Waals surface area (Å²) >= 11 is 0. The summed E-state index contributed by atoms with van der Waals surface area (Å²) in [4.78, 5) is 42.5. The zero-order valence-corrected chi connectivity index (χ0v) is 19.7. The lowest BCUT2D eigenvalue weighted by atomic mass is 10.0. The van der Waals surface area contributed by atoms with Crippen molar-refractivity contribution in [3.05, 3.63) is 95.1 Å². The van der Waals surface area contributed by atoms with Gasteiger partial charge in [-0.1, -0.05) is 42.5 Å². The van der Waals surface area contributed by atoms with Crippen LogP contribution in [0.25, 0.3) is 0 Å². The second-order valence-electron chi connectivity index (χ2n) is 9.16. The molecule has 3 aromatic rings. The van der Waals surface area contributed by atoms with Gasteiger partial charge in [0, 0.05) is 11.6 Å². The van der Waals surface area contributed by atoms with Crippen molar-refractivity contribution in [1.29, 1.82) is 0 Å². The smallest absolute Gasteiger partial charge is 0.261 e. The van der Waals surface area contributed by atoms with Crippen LogP contribution in [0.1, 0.15) is 49.5 Å². The van der Waals surface area contributed by atoms with Gasteiger partial charge in [-0.05, 0) is 68.9 Å². The summed E-state index contributed by atoms with van der Waals surface area (Å²) in [5.41, 5.74) is 3.35. The van der Waals surface area contributed by atoms with E-state index in [2.05, 4.69) is 22.6 Å². The van der Waals surface area contributed by atoms with Gasteiger partial charge >= 0.3 is 0 Å². The predicted molar refractivity (Wildman–Crippen MR) is 136 cm³/mol. The molecule has 0 atom stereocenters. The molecule has 0 saturated carbocycles. The van der Waals surface area contributed by atoms with Gasteiger partial charge in [0.15, 0.2) is 0 Å². The lowest BCUT2D eigenvalue weighted by molar-refractivity contribution is 0.0642. The van der Waals surface area contributed by atoms with Gasteiger partial charge in [-0.2, -0.15) is 0 Å². The molecule has 7 nitrogen and oxygen atoms in total. The van der Waals surface area contributed by atoms with Crippen molar-refractivity contribution >= 4 is 29.1 Å². The van der Waals surface area contributed by atoms with E-state index in [4.69, 9.17) is 0 Å². The SMILES string of the molecule is CN1CCC(Nc2ccccc2NC(=O)c2ccc3c(c2)C(=O)N(Cc2ccccc2)C3=O)CC1. The van der Waals surface area contributed by atoms with Crippen LogP contribution in [0.5, 0.6) is 0 Å². The number of piperidine rings is 1. The van der Waals surface area contributed by atoms with Crippen molar-refractivity contribution in [3.63, 3.8) is 0 Å². The van der Waals surface area contributed by atoms with Crippen molar-refractivity contribution in [2.24, 2.45) is 0 Å². The molecule has 1 saturated heterocycles. The number of fused-ring (bicyclic) bond motifs is 1. The lowest BCUT2D eigenvalue weighted by Gasteiger charge is -2.30. The molecule has 2 aliphatic rings. The van der Waals surface area contributed by atoms with E-state index in [0.717, 1.165) is 37.2 Å². The zero-order chi connectivity index (χ0) is 24.4. The van der Waals surface area contributed by atoms with Crippen LogP contribution in [0.4, 0.5) is 11.4 Å². The average molecular weight is 469 g/mol. The van der Waals surface area contributed by atoms with Crippen LogP contribution in [0.15, 0.2) is 72.8 Å². The molecule has 0 unspecified atom stereocenters. The lowest BCUT2D eigenvalue weighted by Crippen LogP contribution is -2.36. The summed E-state index contributed by atoms with van der Waals surface area (Å²) in [6, 6.07) is 22.0. The Morgan fingerprint density at radius 3 is 2.26 bits per heavy atom. The minimum absolute atomic E-state index is 0.199. The highest BCUT2D eigenvalue weighted by molar-refractivity contribution is 6.22. The van der Waals surface area contributed by atoms with Crippen molar-refractivity contribution in [2.45, 2.75) is 25.4 Å². The highest BCUT2D eigenvalue weighted by Crippen LogP contribution is 2.28. The number of nitrogens with one attached hydrogen (secondary N) is 2. The number of likely N-dealkylation sites (tertiary alicyclic amines) is 1. The Hall–Kier alpha value is -3.97. The molecule has 0 aliphatic carbocycles. The molecular weight excluding hydrogens is 440 g/mol. The summed E-state index contributed by atoms with van der Waals surface area (Å²) in [5.74, 6) is -1.05. The molecule has 0 radical (unpaired) electrons. The molecule has 2 heterocycles. The fraction of sp³-hybridized carbons (Fsp3) is 0.250. The van der Waals surface area contributed by atoms with E-state index in [1.165, 1.54) is 11.0 Å². The van der Waals surface area contributed by atoms with Gasteiger partial charge in [0.2, 0.25) is 0 Å². The average Bonchev–Trinajstić information content (AvgIpc) is 3.11. The number of rotatable bonds is 6. The monoisotopic (exact) mass is 468 g/mol. The first-order chi connectivity index (χ1) is 17.0. The number of hydrogen-bond acceptors (Lipinski definition) is 5. The quantitative estimate of drug-likeness (QED) is 0.529. The van der Waals surface area contributed by atoms with Gasteiger partial charge in [-0.15, -0.1) is 0 Å². The molecular formula is C28H28N4O3. The van der Waals surface area contributed by atoms with Gasteiger partial charge in [0.25, 0.3) is 17.7 Å². The first-order valence-electron chi connectivity index (χ1n) is 11.9. The maximum Gasteiger partial charge on any atom is 0.261 e. The summed E-state index contributed by atoms with van der Waals surface area (Å²) < 4.78 is 0. The maximum absolute atomic E-state index is 13.1. The number of para-hydroxylation sites is 2. The van der Waals surface area contributed by atoms with E-state index in [1.807, 2.05) is 54.6 Å². The van der Waals surface area contributed by atoms with Crippen LogP contribution in [0.2, 0.25) is 0 Å². The molecule has 35 heavy (non-hydrogen) atoms. The van der Waals surface area contributed by atoms with Gasteiger partial charge in [-0.25, -0.2) is 0 Å². The largest absolute Gasteiger partial charge is 0.381 e. The molecule has 0 bridgehead atoms. The summed E-state index contributed by atoms with van der Waals surface area (Å²) in [6.45, 7) is 2.27. The number of benzene rings is 3. The number of carbonyl (C=O) groups is 3. The first-order valence-corrected chi connectivity index (χ1v) is 11.9. The molecule has 0 aromatic heterocycles. The Kier molecular flexibility index (Phi) is 6.33. The third kappa shape index (κ3) is 4.81. The fourth-order valence-electron chi connectivity index (χ4n) is 4.63. The normalized spacial score (nSPS) is 16.3. The fourth-order valence-corrected chi connectivity index (χ4v) is 4.63. The van der Waals surface area contributed by atoms with Gasteiger partial charge in [0.1, 0.15) is 0 Å². The van der Waals surface area contributed by atoms with Crippen LogP contribution in [-0.2, 0) is 6.54 Å². The Bertz CT molecular complexity index is 1270.